The number of amides is 2. The number of ether oxygens (including phenoxy) is 2. The fraction of sp³-hybridized carbons (Fsp3) is 0.192. The Morgan fingerprint density at radius 3 is 2.58 bits per heavy atom. The number of aryl methyl sites for hydroxylation is 1. The van der Waals surface area contributed by atoms with Gasteiger partial charge in [-0.2, -0.15) is 0 Å². The maximum absolute atomic E-state index is 12.7. The SMILES string of the molecule is COc1ccc([C@@H](CNC(=O)Nc2ccc(C)c(Cl)c2)c2c[nH]c3ccccc23)cc1OC. The number of nitrogens with one attached hydrogen (secondary N) is 3. The summed E-state index contributed by atoms with van der Waals surface area (Å²) in [6, 6.07) is 19.1. The highest BCUT2D eigenvalue weighted by Crippen LogP contribution is 2.35. The van der Waals surface area contributed by atoms with Gasteiger partial charge in [-0.3, -0.25) is 0 Å². The van der Waals surface area contributed by atoms with Gasteiger partial charge in [-0.25, -0.2) is 4.79 Å². The van der Waals surface area contributed by atoms with E-state index in [9.17, 15) is 4.79 Å². The minimum atomic E-state index is -0.305. The van der Waals surface area contributed by atoms with Crippen LogP contribution in [0.4, 0.5) is 10.5 Å². The summed E-state index contributed by atoms with van der Waals surface area (Å²) in [6.07, 6.45) is 1.99. The first-order valence-electron chi connectivity index (χ1n) is 10.6. The first-order chi connectivity index (χ1) is 16.0. The number of H-pyrrole nitrogens is 1. The molecule has 4 rings (SSSR count). The van der Waals surface area contributed by atoms with Crippen LogP contribution < -0.4 is 20.1 Å². The van der Waals surface area contributed by atoms with Gasteiger partial charge in [0, 0.05) is 40.3 Å². The van der Waals surface area contributed by atoms with Crippen LogP contribution in [0, 0.1) is 6.92 Å². The minimum Gasteiger partial charge on any atom is -0.493 e. The molecule has 0 aliphatic rings. The number of urea groups is 1. The van der Waals surface area contributed by atoms with E-state index in [0.717, 1.165) is 27.6 Å². The van der Waals surface area contributed by atoms with Crippen molar-refractivity contribution in [3.63, 3.8) is 0 Å². The van der Waals surface area contributed by atoms with Crippen molar-refractivity contribution in [1.29, 1.82) is 0 Å². The number of methoxy groups -OCH3 is 2. The van der Waals surface area contributed by atoms with Crippen molar-refractivity contribution >= 4 is 34.2 Å². The average Bonchev–Trinajstić information content (AvgIpc) is 3.25. The molecule has 0 saturated carbocycles. The summed E-state index contributed by atoms with van der Waals surface area (Å²) in [5.41, 5.74) is 4.71. The van der Waals surface area contributed by atoms with E-state index in [4.69, 9.17) is 21.1 Å². The van der Waals surface area contributed by atoms with Gasteiger partial charge in [0.1, 0.15) is 0 Å². The predicted octanol–water partition coefficient (Wildman–Crippen LogP) is 6.10. The molecule has 0 aliphatic carbocycles. The zero-order chi connectivity index (χ0) is 23.4. The van der Waals surface area contributed by atoms with E-state index in [2.05, 4.69) is 21.7 Å². The van der Waals surface area contributed by atoms with Crippen LogP contribution in [-0.4, -0.2) is 31.8 Å². The first kappa shape index (κ1) is 22.6. The Hall–Kier alpha value is -3.64. The van der Waals surface area contributed by atoms with Crippen molar-refractivity contribution in [2.24, 2.45) is 0 Å². The fourth-order valence-electron chi connectivity index (χ4n) is 3.90. The molecule has 0 saturated heterocycles. The summed E-state index contributed by atoms with van der Waals surface area (Å²) >= 11 is 6.18. The third-order valence-corrected chi connectivity index (χ3v) is 6.11. The molecular formula is C26H26ClN3O3. The van der Waals surface area contributed by atoms with Crippen LogP contribution in [0.1, 0.15) is 22.6 Å². The Kier molecular flexibility index (Phi) is 6.75. The quantitative estimate of drug-likeness (QED) is 0.310. The predicted molar refractivity (Wildman–Crippen MR) is 133 cm³/mol. The second kappa shape index (κ2) is 9.88. The number of benzene rings is 3. The molecule has 0 bridgehead atoms. The van der Waals surface area contributed by atoms with E-state index in [1.165, 1.54) is 0 Å². The maximum Gasteiger partial charge on any atom is 0.319 e. The normalized spacial score (nSPS) is 11.8. The van der Waals surface area contributed by atoms with Gasteiger partial charge in [-0.1, -0.05) is 41.9 Å². The molecule has 7 heteroatoms. The Morgan fingerprint density at radius 2 is 1.82 bits per heavy atom. The van der Waals surface area contributed by atoms with Crippen molar-refractivity contribution in [2.75, 3.05) is 26.1 Å². The van der Waals surface area contributed by atoms with Gasteiger partial charge < -0.3 is 25.1 Å². The number of carbonyl (C=O) groups is 1. The van der Waals surface area contributed by atoms with Crippen molar-refractivity contribution in [3.8, 4) is 11.5 Å². The lowest BCUT2D eigenvalue weighted by molar-refractivity contribution is 0.252. The highest BCUT2D eigenvalue weighted by atomic mass is 35.5. The summed E-state index contributed by atoms with van der Waals surface area (Å²) in [5, 5.41) is 7.56. The number of hydrogen-bond acceptors (Lipinski definition) is 3. The largest absolute Gasteiger partial charge is 0.493 e. The molecule has 170 valence electrons. The van der Waals surface area contributed by atoms with E-state index >= 15 is 0 Å². The molecular weight excluding hydrogens is 438 g/mol. The number of carbonyl (C=O) groups excluding carboxylic acids is 1. The summed E-state index contributed by atoms with van der Waals surface area (Å²) in [4.78, 5) is 16.0. The molecule has 3 aromatic carbocycles. The Labute approximate surface area is 197 Å². The van der Waals surface area contributed by atoms with Crippen LogP contribution >= 0.6 is 11.6 Å². The second-order valence-electron chi connectivity index (χ2n) is 7.76. The zero-order valence-corrected chi connectivity index (χ0v) is 19.5. The van der Waals surface area contributed by atoms with Crippen molar-refractivity contribution in [3.05, 3.63) is 88.6 Å². The molecule has 1 heterocycles. The standard InChI is InChI=1S/C26H26ClN3O3/c1-16-8-10-18(13-22(16)27)30-26(31)29-14-20(17-9-11-24(32-2)25(12-17)33-3)21-15-28-23-7-5-4-6-19(21)23/h4-13,15,20,28H,14H2,1-3H3,(H2,29,30,31)/t20-/m1/s1. The summed E-state index contributed by atoms with van der Waals surface area (Å²) in [7, 11) is 3.22. The molecule has 1 atom stereocenters. The Morgan fingerprint density at radius 1 is 1.03 bits per heavy atom. The van der Waals surface area contributed by atoms with Crippen LogP contribution in [-0.2, 0) is 0 Å². The van der Waals surface area contributed by atoms with Crippen LogP contribution in [0.15, 0.2) is 66.9 Å². The lowest BCUT2D eigenvalue weighted by Crippen LogP contribution is -2.32. The summed E-state index contributed by atoms with van der Waals surface area (Å²) < 4.78 is 10.9. The van der Waals surface area contributed by atoms with Crippen molar-refractivity contribution in [1.82, 2.24) is 10.3 Å². The third-order valence-electron chi connectivity index (χ3n) is 5.70. The first-order valence-corrected chi connectivity index (χ1v) is 11.0. The van der Waals surface area contributed by atoms with Gasteiger partial charge in [-0.05, 0) is 53.9 Å². The molecule has 1 aromatic heterocycles. The topological polar surface area (TPSA) is 75.4 Å². The average molecular weight is 464 g/mol. The number of para-hydroxylation sites is 1. The van der Waals surface area contributed by atoms with Crippen molar-refractivity contribution in [2.45, 2.75) is 12.8 Å². The molecule has 0 aliphatic heterocycles. The monoisotopic (exact) mass is 463 g/mol. The van der Waals surface area contributed by atoms with E-state index < -0.39 is 0 Å². The number of aromatic amines is 1. The Balaban J connectivity index is 1.62. The highest BCUT2D eigenvalue weighted by molar-refractivity contribution is 6.31. The van der Waals surface area contributed by atoms with Gasteiger partial charge >= 0.3 is 6.03 Å². The Bertz CT molecular complexity index is 1290. The molecule has 6 nitrogen and oxygen atoms in total. The molecule has 0 spiro atoms. The van der Waals surface area contributed by atoms with Crippen LogP contribution in [0.5, 0.6) is 11.5 Å². The van der Waals surface area contributed by atoms with E-state index in [1.807, 2.05) is 61.7 Å². The van der Waals surface area contributed by atoms with E-state index in [-0.39, 0.29) is 11.9 Å². The lowest BCUT2D eigenvalue weighted by atomic mass is 9.90. The second-order valence-corrected chi connectivity index (χ2v) is 8.16. The van der Waals surface area contributed by atoms with Crippen molar-refractivity contribution < 1.29 is 14.3 Å². The molecule has 0 fully saturated rings. The van der Waals surface area contributed by atoms with Crippen LogP contribution in [0.25, 0.3) is 10.9 Å². The minimum absolute atomic E-state index is 0.117. The van der Waals surface area contributed by atoms with Gasteiger partial charge in [0.05, 0.1) is 14.2 Å². The van der Waals surface area contributed by atoms with Gasteiger partial charge in [-0.15, -0.1) is 0 Å². The van der Waals surface area contributed by atoms with Crippen LogP contribution in [0.3, 0.4) is 0 Å². The molecule has 0 radical (unpaired) electrons. The lowest BCUT2D eigenvalue weighted by Gasteiger charge is -2.20. The van der Waals surface area contributed by atoms with Gasteiger partial charge in [0.25, 0.3) is 0 Å². The van der Waals surface area contributed by atoms with Gasteiger partial charge in [0.15, 0.2) is 11.5 Å². The number of hydrogen-bond donors (Lipinski definition) is 3. The molecule has 4 aromatic rings. The number of halogens is 1. The molecule has 0 unspecified atom stereocenters. The van der Waals surface area contributed by atoms with E-state index in [0.29, 0.717) is 28.8 Å². The summed E-state index contributed by atoms with van der Waals surface area (Å²) in [6.45, 7) is 2.30. The molecule has 2 amide bonds. The number of rotatable bonds is 7. The molecule has 3 N–H and O–H groups in total. The number of fused-ring (bicyclic) bond motifs is 1. The van der Waals surface area contributed by atoms with Gasteiger partial charge in [0.2, 0.25) is 0 Å². The number of anilines is 1. The zero-order valence-electron chi connectivity index (χ0n) is 18.7. The summed E-state index contributed by atoms with van der Waals surface area (Å²) in [5.74, 6) is 1.17. The highest BCUT2D eigenvalue weighted by Gasteiger charge is 2.21. The van der Waals surface area contributed by atoms with Crippen LogP contribution in [0.2, 0.25) is 5.02 Å². The molecule has 33 heavy (non-hydrogen) atoms. The van der Waals surface area contributed by atoms with E-state index in [1.54, 1.807) is 20.3 Å². The smallest absolute Gasteiger partial charge is 0.319 e. The maximum atomic E-state index is 12.7. The third kappa shape index (κ3) is 4.91. The fourth-order valence-corrected chi connectivity index (χ4v) is 4.08. The number of aromatic nitrogens is 1.